The summed E-state index contributed by atoms with van der Waals surface area (Å²) in [4.78, 5) is 3.73. The van der Waals surface area contributed by atoms with Crippen LogP contribution in [0, 0.1) is 5.82 Å². The molecule has 0 aliphatic carbocycles. The maximum atomic E-state index is 13.1. The Hall–Kier alpha value is -2.53. The first kappa shape index (κ1) is 12.5. The number of hydrogen-bond acceptors (Lipinski definition) is 3. The molecular weight excluding hydrogens is 257 g/mol. The van der Waals surface area contributed by atoms with E-state index in [9.17, 15) is 9.50 Å². The molecule has 0 aliphatic heterocycles. The third-order valence-electron chi connectivity index (χ3n) is 2.95. The molecule has 0 spiro atoms. The summed E-state index contributed by atoms with van der Waals surface area (Å²) in [7, 11) is 0. The Morgan fingerprint density at radius 1 is 1.10 bits per heavy atom. The van der Waals surface area contributed by atoms with Gasteiger partial charge in [-0.2, -0.15) is 5.10 Å². The van der Waals surface area contributed by atoms with Gasteiger partial charge in [-0.1, -0.05) is 18.2 Å². The normalized spacial score (nSPS) is 12.3. The standard InChI is InChI=1S/C15H12FN3O/c16-12-8-11(9-17-10-12)15(20)14-6-7-19(18-14)13-4-2-1-3-5-13/h1-10,15,20H. The van der Waals surface area contributed by atoms with Gasteiger partial charge in [0.25, 0.3) is 0 Å². The molecule has 2 heterocycles. The summed E-state index contributed by atoms with van der Waals surface area (Å²) in [6.45, 7) is 0. The van der Waals surface area contributed by atoms with E-state index in [2.05, 4.69) is 10.1 Å². The van der Waals surface area contributed by atoms with Gasteiger partial charge >= 0.3 is 0 Å². The Kier molecular flexibility index (Phi) is 3.26. The SMILES string of the molecule is OC(c1cncc(F)c1)c1ccn(-c2ccccc2)n1. The first-order valence-electron chi connectivity index (χ1n) is 6.13. The number of nitrogens with zero attached hydrogens (tertiary/aromatic N) is 3. The van der Waals surface area contributed by atoms with Crippen LogP contribution in [0.1, 0.15) is 17.4 Å². The van der Waals surface area contributed by atoms with Crippen molar-refractivity contribution in [1.82, 2.24) is 14.8 Å². The molecule has 1 unspecified atom stereocenters. The van der Waals surface area contributed by atoms with Crippen LogP contribution in [0.3, 0.4) is 0 Å². The molecule has 0 saturated carbocycles. The minimum Gasteiger partial charge on any atom is -0.382 e. The first-order chi connectivity index (χ1) is 9.74. The molecule has 100 valence electrons. The van der Waals surface area contributed by atoms with Crippen molar-refractivity contribution in [3.8, 4) is 5.69 Å². The van der Waals surface area contributed by atoms with Crippen LogP contribution in [0.15, 0.2) is 61.1 Å². The summed E-state index contributed by atoms with van der Waals surface area (Å²) in [5.74, 6) is -0.482. The fourth-order valence-electron chi connectivity index (χ4n) is 1.96. The summed E-state index contributed by atoms with van der Waals surface area (Å²) >= 11 is 0. The molecule has 3 rings (SSSR count). The number of halogens is 1. The number of aromatic nitrogens is 3. The molecule has 1 aromatic carbocycles. The van der Waals surface area contributed by atoms with E-state index in [0.29, 0.717) is 11.3 Å². The lowest BCUT2D eigenvalue weighted by Gasteiger charge is -2.07. The van der Waals surface area contributed by atoms with Crippen LogP contribution in [-0.4, -0.2) is 19.9 Å². The largest absolute Gasteiger partial charge is 0.382 e. The van der Waals surface area contributed by atoms with Gasteiger partial charge in [0.1, 0.15) is 11.9 Å². The van der Waals surface area contributed by atoms with Crippen molar-refractivity contribution in [1.29, 1.82) is 0 Å². The van der Waals surface area contributed by atoms with Gasteiger partial charge in [-0.15, -0.1) is 0 Å². The van der Waals surface area contributed by atoms with Crippen molar-refractivity contribution in [3.63, 3.8) is 0 Å². The number of para-hydroxylation sites is 1. The monoisotopic (exact) mass is 269 g/mol. The average molecular weight is 269 g/mol. The molecule has 0 aliphatic rings. The van der Waals surface area contributed by atoms with E-state index in [1.54, 1.807) is 16.9 Å². The van der Waals surface area contributed by atoms with E-state index >= 15 is 0 Å². The predicted molar refractivity (Wildman–Crippen MR) is 71.8 cm³/mol. The van der Waals surface area contributed by atoms with Crippen LogP contribution in [0.25, 0.3) is 5.69 Å². The van der Waals surface area contributed by atoms with E-state index in [1.807, 2.05) is 30.3 Å². The zero-order chi connectivity index (χ0) is 13.9. The minimum absolute atomic E-state index is 0.378. The second-order valence-electron chi connectivity index (χ2n) is 4.36. The molecule has 1 atom stereocenters. The van der Waals surface area contributed by atoms with Crippen molar-refractivity contribution in [2.45, 2.75) is 6.10 Å². The number of aliphatic hydroxyl groups is 1. The Morgan fingerprint density at radius 2 is 1.90 bits per heavy atom. The Labute approximate surface area is 115 Å². The minimum atomic E-state index is -0.997. The summed E-state index contributed by atoms with van der Waals surface area (Å²) in [6.07, 6.45) is 3.28. The topological polar surface area (TPSA) is 50.9 Å². The summed E-state index contributed by atoms with van der Waals surface area (Å²) in [6, 6.07) is 12.5. The molecular formula is C15H12FN3O. The zero-order valence-corrected chi connectivity index (χ0v) is 10.5. The van der Waals surface area contributed by atoms with Crippen molar-refractivity contribution in [2.75, 3.05) is 0 Å². The van der Waals surface area contributed by atoms with Crippen LogP contribution in [-0.2, 0) is 0 Å². The average Bonchev–Trinajstić information content (AvgIpc) is 2.97. The van der Waals surface area contributed by atoms with Crippen molar-refractivity contribution in [3.05, 3.63) is 78.1 Å². The molecule has 1 N–H and O–H groups in total. The Bertz CT molecular complexity index is 712. The van der Waals surface area contributed by atoms with E-state index in [4.69, 9.17) is 0 Å². The lowest BCUT2D eigenvalue weighted by atomic mass is 10.1. The van der Waals surface area contributed by atoms with Crippen LogP contribution in [0.2, 0.25) is 0 Å². The van der Waals surface area contributed by atoms with Gasteiger partial charge in [0, 0.05) is 18.0 Å². The van der Waals surface area contributed by atoms with Crippen molar-refractivity contribution >= 4 is 0 Å². The summed E-state index contributed by atoms with van der Waals surface area (Å²) in [5.41, 5.74) is 1.72. The van der Waals surface area contributed by atoms with Gasteiger partial charge in [0.2, 0.25) is 0 Å². The highest BCUT2D eigenvalue weighted by Crippen LogP contribution is 2.20. The second kappa shape index (κ2) is 5.22. The third kappa shape index (κ3) is 2.44. The lowest BCUT2D eigenvalue weighted by Crippen LogP contribution is -2.03. The third-order valence-corrected chi connectivity index (χ3v) is 2.95. The van der Waals surface area contributed by atoms with E-state index < -0.39 is 11.9 Å². The van der Waals surface area contributed by atoms with Gasteiger partial charge < -0.3 is 5.11 Å². The molecule has 0 amide bonds. The smallest absolute Gasteiger partial charge is 0.141 e. The van der Waals surface area contributed by atoms with Crippen molar-refractivity contribution in [2.24, 2.45) is 0 Å². The fourth-order valence-corrected chi connectivity index (χ4v) is 1.96. The molecule has 20 heavy (non-hydrogen) atoms. The number of aliphatic hydroxyl groups excluding tert-OH is 1. The maximum absolute atomic E-state index is 13.1. The maximum Gasteiger partial charge on any atom is 0.141 e. The number of benzene rings is 1. The second-order valence-corrected chi connectivity index (χ2v) is 4.36. The van der Waals surface area contributed by atoms with Crippen LogP contribution >= 0.6 is 0 Å². The first-order valence-corrected chi connectivity index (χ1v) is 6.13. The number of pyridine rings is 1. The Morgan fingerprint density at radius 3 is 2.65 bits per heavy atom. The fraction of sp³-hybridized carbons (Fsp3) is 0.0667. The predicted octanol–water partition coefficient (Wildman–Crippen LogP) is 2.49. The van der Waals surface area contributed by atoms with Gasteiger partial charge in [-0.25, -0.2) is 9.07 Å². The molecule has 0 saturated heterocycles. The number of rotatable bonds is 3. The van der Waals surface area contributed by atoms with E-state index in [-0.39, 0.29) is 0 Å². The van der Waals surface area contributed by atoms with Gasteiger partial charge in [-0.05, 0) is 24.3 Å². The van der Waals surface area contributed by atoms with E-state index in [0.717, 1.165) is 11.9 Å². The summed E-state index contributed by atoms with van der Waals surface area (Å²) in [5, 5.41) is 14.5. The zero-order valence-electron chi connectivity index (χ0n) is 10.5. The van der Waals surface area contributed by atoms with Gasteiger partial charge in [-0.3, -0.25) is 4.98 Å². The molecule has 0 radical (unpaired) electrons. The highest BCUT2D eigenvalue weighted by Gasteiger charge is 2.15. The molecule has 0 fully saturated rings. The van der Waals surface area contributed by atoms with E-state index in [1.165, 1.54) is 12.3 Å². The van der Waals surface area contributed by atoms with Crippen LogP contribution in [0.4, 0.5) is 4.39 Å². The highest BCUT2D eigenvalue weighted by atomic mass is 19.1. The highest BCUT2D eigenvalue weighted by molar-refractivity contribution is 5.31. The molecule has 3 aromatic rings. The molecule has 5 heteroatoms. The van der Waals surface area contributed by atoms with Crippen LogP contribution in [0.5, 0.6) is 0 Å². The van der Waals surface area contributed by atoms with Crippen molar-refractivity contribution < 1.29 is 9.50 Å². The van der Waals surface area contributed by atoms with Crippen LogP contribution < -0.4 is 0 Å². The Balaban J connectivity index is 1.90. The quantitative estimate of drug-likeness (QED) is 0.794. The molecule has 0 bridgehead atoms. The number of hydrogen-bond donors (Lipinski definition) is 1. The van der Waals surface area contributed by atoms with Gasteiger partial charge in [0.05, 0.1) is 17.6 Å². The molecule has 2 aromatic heterocycles. The summed E-state index contributed by atoms with van der Waals surface area (Å²) < 4.78 is 14.8. The van der Waals surface area contributed by atoms with Gasteiger partial charge in [0.15, 0.2) is 0 Å². The lowest BCUT2D eigenvalue weighted by molar-refractivity contribution is 0.213. The molecule has 4 nitrogen and oxygen atoms in total.